The molecule has 4 nitrogen and oxygen atoms in total. The van der Waals surface area contributed by atoms with Crippen molar-refractivity contribution in [3.8, 4) is 0 Å². The fourth-order valence-corrected chi connectivity index (χ4v) is 2.34. The Bertz CT molecular complexity index is 451. The van der Waals surface area contributed by atoms with Crippen LogP contribution < -0.4 is 5.32 Å². The molecule has 0 aliphatic carbocycles. The van der Waals surface area contributed by atoms with Crippen molar-refractivity contribution in [3.05, 3.63) is 29.6 Å². The Balaban J connectivity index is 2.05. The van der Waals surface area contributed by atoms with Crippen LogP contribution in [0, 0.1) is 11.7 Å². The summed E-state index contributed by atoms with van der Waals surface area (Å²) in [6, 6.07) is 4.29. The van der Waals surface area contributed by atoms with E-state index in [4.69, 9.17) is 5.11 Å². The molecule has 2 N–H and O–H groups in total. The predicted octanol–water partition coefficient (Wildman–Crippen LogP) is 1.89. The van der Waals surface area contributed by atoms with Crippen molar-refractivity contribution in [1.82, 2.24) is 4.90 Å². The molecule has 0 saturated carbocycles. The molecule has 0 bridgehead atoms. The Labute approximate surface area is 105 Å². The van der Waals surface area contributed by atoms with Crippen LogP contribution in [0.5, 0.6) is 0 Å². The fourth-order valence-electron chi connectivity index (χ4n) is 2.34. The molecule has 1 unspecified atom stereocenters. The summed E-state index contributed by atoms with van der Waals surface area (Å²) in [6.07, 6.45) is 1.08. The first kappa shape index (κ1) is 12.8. The Morgan fingerprint density at radius 3 is 3.00 bits per heavy atom. The number of hydrogen-bond donors (Lipinski definition) is 2. The second-order valence-electron chi connectivity index (χ2n) is 4.77. The molecule has 0 aromatic heterocycles. The van der Waals surface area contributed by atoms with Crippen LogP contribution in [0.3, 0.4) is 0 Å². The largest absolute Gasteiger partial charge is 0.478 e. The van der Waals surface area contributed by atoms with E-state index in [1.807, 2.05) is 0 Å². The zero-order valence-electron chi connectivity index (χ0n) is 10.3. The van der Waals surface area contributed by atoms with Gasteiger partial charge in [0, 0.05) is 13.1 Å². The number of benzene rings is 1. The number of nitrogens with one attached hydrogen (secondary N) is 1. The van der Waals surface area contributed by atoms with E-state index in [0.717, 1.165) is 25.6 Å². The highest BCUT2D eigenvalue weighted by atomic mass is 19.1. The van der Waals surface area contributed by atoms with Crippen LogP contribution in [0.15, 0.2) is 18.2 Å². The van der Waals surface area contributed by atoms with Crippen LogP contribution >= 0.6 is 0 Å². The highest BCUT2D eigenvalue weighted by Crippen LogP contribution is 2.21. The second kappa shape index (κ2) is 5.35. The molecule has 1 aromatic rings. The van der Waals surface area contributed by atoms with Crippen molar-refractivity contribution in [1.29, 1.82) is 0 Å². The minimum atomic E-state index is -1.24. The summed E-state index contributed by atoms with van der Waals surface area (Å²) in [7, 11) is 2.06. The third kappa shape index (κ3) is 2.79. The molecule has 2 rings (SSSR count). The molecular weight excluding hydrogens is 235 g/mol. The third-order valence-corrected chi connectivity index (χ3v) is 3.30. The van der Waals surface area contributed by atoms with Gasteiger partial charge in [0.1, 0.15) is 11.4 Å². The van der Waals surface area contributed by atoms with Gasteiger partial charge in [-0.1, -0.05) is 6.07 Å². The van der Waals surface area contributed by atoms with Gasteiger partial charge in [-0.25, -0.2) is 9.18 Å². The van der Waals surface area contributed by atoms with E-state index in [9.17, 15) is 9.18 Å². The standard InChI is InChI=1S/C13H17FN2O2/c1-16-6-5-9(8-16)7-15-11-4-2-3-10(14)12(11)13(17)18/h2-4,9,15H,5-8H2,1H3,(H,17,18). The van der Waals surface area contributed by atoms with Gasteiger partial charge in [0.05, 0.1) is 5.69 Å². The first-order valence-corrected chi connectivity index (χ1v) is 6.02. The molecule has 0 amide bonds. The lowest BCUT2D eigenvalue weighted by Crippen LogP contribution is -2.20. The SMILES string of the molecule is CN1CCC(CNc2cccc(F)c2C(=O)O)C1. The Morgan fingerprint density at radius 1 is 1.61 bits per heavy atom. The number of hydrogen-bond acceptors (Lipinski definition) is 3. The molecule has 0 spiro atoms. The topological polar surface area (TPSA) is 52.6 Å². The van der Waals surface area contributed by atoms with Gasteiger partial charge in [0.2, 0.25) is 0 Å². The van der Waals surface area contributed by atoms with Crippen molar-refractivity contribution in [2.24, 2.45) is 5.92 Å². The average Bonchev–Trinajstić information content (AvgIpc) is 2.72. The van der Waals surface area contributed by atoms with Crippen molar-refractivity contribution < 1.29 is 14.3 Å². The lowest BCUT2D eigenvalue weighted by atomic mass is 10.1. The summed E-state index contributed by atoms with van der Waals surface area (Å²) in [6.45, 7) is 2.72. The second-order valence-corrected chi connectivity index (χ2v) is 4.77. The summed E-state index contributed by atoms with van der Waals surface area (Å²) >= 11 is 0. The number of anilines is 1. The normalized spacial score (nSPS) is 20.0. The molecule has 1 aromatic carbocycles. The highest BCUT2D eigenvalue weighted by molar-refractivity contribution is 5.94. The highest BCUT2D eigenvalue weighted by Gasteiger charge is 2.21. The zero-order valence-corrected chi connectivity index (χ0v) is 10.3. The Hall–Kier alpha value is -1.62. The van der Waals surface area contributed by atoms with E-state index in [0.29, 0.717) is 18.2 Å². The number of halogens is 1. The van der Waals surface area contributed by atoms with Gasteiger partial charge in [0.25, 0.3) is 0 Å². The van der Waals surface area contributed by atoms with Gasteiger partial charge >= 0.3 is 5.97 Å². The van der Waals surface area contributed by atoms with Gasteiger partial charge in [-0.3, -0.25) is 0 Å². The molecular formula is C13H17FN2O2. The van der Waals surface area contributed by atoms with Crippen molar-refractivity contribution in [2.45, 2.75) is 6.42 Å². The first-order chi connectivity index (χ1) is 8.58. The molecule has 98 valence electrons. The first-order valence-electron chi connectivity index (χ1n) is 6.02. The van der Waals surface area contributed by atoms with Gasteiger partial charge < -0.3 is 15.3 Å². The molecule has 0 radical (unpaired) electrons. The maximum Gasteiger partial charge on any atom is 0.340 e. The number of carboxylic acid groups (broad SMARTS) is 1. The summed E-state index contributed by atoms with van der Waals surface area (Å²) in [5.74, 6) is -1.45. The minimum Gasteiger partial charge on any atom is -0.478 e. The number of carbonyl (C=O) groups is 1. The van der Waals surface area contributed by atoms with Crippen LogP contribution in [0.2, 0.25) is 0 Å². The number of aromatic carboxylic acids is 1. The van der Waals surface area contributed by atoms with Crippen molar-refractivity contribution in [3.63, 3.8) is 0 Å². The molecule has 1 fully saturated rings. The number of likely N-dealkylation sites (tertiary alicyclic amines) is 1. The molecule has 1 atom stereocenters. The van der Waals surface area contributed by atoms with Crippen LogP contribution in [0.4, 0.5) is 10.1 Å². The summed E-state index contributed by atoms with van der Waals surface area (Å²) < 4.78 is 13.4. The summed E-state index contributed by atoms with van der Waals surface area (Å²) in [5.41, 5.74) is 0.0842. The lowest BCUT2D eigenvalue weighted by Gasteiger charge is -2.14. The van der Waals surface area contributed by atoms with Gasteiger partial charge in [-0.15, -0.1) is 0 Å². The maximum absolute atomic E-state index is 13.4. The van der Waals surface area contributed by atoms with E-state index in [2.05, 4.69) is 17.3 Å². The number of rotatable bonds is 4. The van der Waals surface area contributed by atoms with Crippen LogP contribution in [-0.4, -0.2) is 42.7 Å². The molecule has 18 heavy (non-hydrogen) atoms. The van der Waals surface area contributed by atoms with Crippen LogP contribution in [-0.2, 0) is 0 Å². The van der Waals surface area contributed by atoms with Crippen LogP contribution in [0.1, 0.15) is 16.8 Å². The van der Waals surface area contributed by atoms with E-state index in [1.54, 1.807) is 6.07 Å². The van der Waals surface area contributed by atoms with Gasteiger partial charge in [-0.2, -0.15) is 0 Å². The van der Waals surface area contributed by atoms with Crippen molar-refractivity contribution in [2.75, 3.05) is 32.0 Å². The van der Waals surface area contributed by atoms with Crippen molar-refractivity contribution >= 4 is 11.7 Å². The van der Waals surface area contributed by atoms with Crippen LogP contribution in [0.25, 0.3) is 0 Å². The summed E-state index contributed by atoms with van der Waals surface area (Å²) in [5, 5.41) is 12.0. The van der Waals surface area contributed by atoms with Gasteiger partial charge in [-0.05, 0) is 38.1 Å². The van der Waals surface area contributed by atoms with Gasteiger partial charge in [0.15, 0.2) is 0 Å². The number of carboxylic acids is 1. The van der Waals surface area contributed by atoms with E-state index in [1.165, 1.54) is 6.07 Å². The third-order valence-electron chi connectivity index (χ3n) is 3.30. The monoisotopic (exact) mass is 252 g/mol. The summed E-state index contributed by atoms with van der Waals surface area (Å²) in [4.78, 5) is 13.2. The maximum atomic E-state index is 13.4. The molecule has 1 aliphatic rings. The molecule has 1 aliphatic heterocycles. The average molecular weight is 252 g/mol. The molecule has 5 heteroatoms. The Morgan fingerprint density at radius 2 is 2.39 bits per heavy atom. The number of nitrogens with zero attached hydrogens (tertiary/aromatic N) is 1. The van der Waals surface area contributed by atoms with E-state index in [-0.39, 0.29) is 5.56 Å². The smallest absolute Gasteiger partial charge is 0.340 e. The molecule has 1 saturated heterocycles. The molecule has 1 heterocycles. The predicted molar refractivity (Wildman–Crippen MR) is 67.5 cm³/mol. The quantitative estimate of drug-likeness (QED) is 0.859. The van der Waals surface area contributed by atoms with E-state index >= 15 is 0 Å². The Kier molecular flexibility index (Phi) is 3.81. The zero-order chi connectivity index (χ0) is 13.1. The van der Waals surface area contributed by atoms with E-state index < -0.39 is 11.8 Å². The fraction of sp³-hybridized carbons (Fsp3) is 0.462. The lowest BCUT2D eigenvalue weighted by molar-refractivity contribution is 0.0693. The minimum absolute atomic E-state index is 0.274.